The Balaban J connectivity index is 2.24. The minimum absolute atomic E-state index is 0.199. The third-order valence-corrected chi connectivity index (χ3v) is 5.29. The first-order valence-corrected chi connectivity index (χ1v) is 8.06. The van der Waals surface area contributed by atoms with Gasteiger partial charge in [-0.2, -0.15) is 4.31 Å². The summed E-state index contributed by atoms with van der Waals surface area (Å²) >= 11 is 0. The van der Waals surface area contributed by atoms with E-state index >= 15 is 0 Å². The molecule has 112 valence electrons. The standard InChI is InChI=1S/C12H18N2O5S/c1-8-4-3-5-14(11(8)12(15)16)20(17,18)7-10-6-9(2)19-13-10/h6,8,11H,3-5,7H2,1-2H3,(H,15,16). The van der Waals surface area contributed by atoms with Crippen molar-refractivity contribution in [2.45, 2.75) is 38.5 Å². The zero-order valence-electron chi connectivity index (χ0n) is 11.4. The van der Waals surface area contributed by atoms with Gasteiger partial charge in [0.15, 0.2) is 0 Å². The highest BCUT2D eigenvalue weighted by Gasteiger charge is 2.41. The third-order valence-electron chi connectivity index (χ3n) is 3.50. The van der Waals surface area contributed by atoms with Crippen LogP contribution in [0.4, 0.5) is 0 Å². The summed E-state index contributed by atoms with van der Waals surface area (Å²) in [5, 5.41) is 12.9. The van der Waals surface area contributed by atoms with Gasteiger partial charge in [-0.05, 0) is 25.7 Å². The second-order valence-electron chi connectivity index (χ2n) is 5.20. The molecule has 2 unspecified atom stereocenters. The number of piperidine rings is 1. The van der Waals surface area contributed by atoms with Crippen LogP contribution in [-0.2, 0) is 20.6 Å². The zero-order valence-corrected chi connectivity index (χ0v) is 12.3. The van der Waals surface area contributed by atoms with Gasteiger partial charge in [0.2, 0.25) is 10.0 Å². The lowest BCUT2D eigenvalue weighted by molar-refractivity contribution is -0.144. The molecule has 0 aliphatic carbocycles. The molecule has 0 saturated carbocycles. The molecule has 0 spiro atoms. The molecule has 0 amide bonds. The molecule has 1 aromatic rings. The van der Waals surface area contributed by atoms with Crippen molar-refractivity contribution < 1.29 is 22.8 Å². The van der Waals surface area contributed by atoms with E-state index in [2.05, 4.69) is 5.16 Å². The lowest BCUT2D eigenvalue weighted by atomic mass is 9.93. The summed E-state index contributed by atoms with van der Waals surface area (Å²) in [6, 6.07) is 0.544. The molecular formula is C12H18N2O5S. The molecule has 1 aliphatic heterocycles. The summed E-state index contributed by atoms with van der Waals surface area (Å²) in [7, 11) is -3.72. The van der Waals surface area contributed by atoms with Crippen molar-refractivity contribution in [3.63, 3.8) is 0 Å². The molecule has 2 atom stereocenters. The minimum Gasteiger partial charge on any atom is -0.480 e. The van der Waals surface area contributed by atoms with E-state index in [-0.39, 0.29) is 18.2 Å². The smallest absolute Gasteiger partial charge is 0.322 e. The molecule has 8 heteroatoms. The van der Waals surface area contributed by atoms with Crippen LogP contribution in [0.2, 0.25) is 0 Å². The van der Waals surface area contributed by atoms with Crippen LogP contribution in [0.5, 0.6) is 0 Å². The Bertz CT molecular complexity index is 595. The molecule has 1 fully saturated rings. The molecule has 0 bridgehead atoms. The number of carboxylic acid groups (broad SMARTS) is 1. The van der Waals surface area contributed by atoms with Crippen molar-refractivity contribution in [3.8, 4) is 0 Å². The van der Waals surface area contributed by atoms with Crippen molar-refractivity contribution in [1.29, 1.82) is 0 Å². The molecule has 2 rings (SSSR count). The highest BCUT2D eigenvalue weighted by molar-refractivity contribution is 7.88. The number of hydrogen-bond acceptors (Lipinski definition) is 5. The largest absolute Gasteiger partial charge is 0.480 e. The topological polar surface area (TPSA) is 101 Å². The molecule has 0 aromatic carbocycles. The van der Waals surface area contributed by atoms with Crippen LogP contribution in [-0.4, -0.2) is 41.5 Å². The number of aromatic nitrogens is 1. The number of rotatable bonds is 4. The first kappa shape index (κ1) is 15.0. The summed E-state index contributed by atoms with van der Waals surface area (Å²) in [5.41, 5.74) is 0.296. The number of nitrogens with zero attached hydrogens (tertiary/aromatic N) is 2. The van der Waals surface area contributed by atoms with Gasteiger partial charge in [-0.15, -0.1) is 0 Å². The molecule has 1 aromatic heterocycles. The Kier molecular flexibility index (Phi) is 4.14. The SMILES string of the molecule is Cc1cc(CS(=O)(=O)N2CCCC(C)C2C(=O)O)no1. The lowest BCUT2D eigenvalue weighted by Crippen LogP contribution is -2.52. The van der Waals surface area contributed by atoms with Crippen LogP contribution in [0.25, 0.3) is 0 Å². The van der Waals surface area contributed by atoms with Crippen LogP contribution < -0.4 is 0 Å². The van der Waals surface area contributed by atoms with Gasteiger partial charge in [-0.25, -0.2) is 8.42 Å². The summed E-state index contributed by atoms with van der Waals surface area (Å²) in [6.07, 6.45) is 1.38. The molecule has 2 heterocycles. The Morgan fingerprint density at radius 1 is 1.60 bits per heavy atom. The average Bonchev–Trinajstić information content (AvgIpc) is 2.73. The number of aryl methyl sites for hydroxylation is 1. The molecule has 1 aliphatic rings. The lowest BCUT2D eigenvalue weighted by Gasteiger charge is -2.36. The highest BCUT2D eigenvalue weighted by Crippen LogP contribution is 2.27. The van der Waals surface area contributed by atoms with Crippen LogP contribution in [0, 0.1) is 12.8 Å². The van der Waals surface area contributed by atoms with Gasteiger partial charge in [0, 0.05) is 12.6 Å². The molecule has 7 nitrogen and oxygen atoms in total. The Hall–Kier alpha value is -1.41. The van der Waals surface area contributed by atoms with Gasteiger partial charge >= 0.3 is 5.97 Å². The second-order valence-corrected chi connectivity index (χ2v) is 7.12. The van der Waals surface area contributed by atoms with Crippen molar-refractivity contribution in [1.82, 2.24) is 9.46 Å². The first-order valence-electron chi connectivity index (χ1n) is 6.46. The highest BCUT2D eigenvalue weighted by atomic mass is 32.2. The van der Waals surface area contributed by atoms with E-state index in [1.54, 1.807) is 19.9 Å². The van der Waals surface area contributed by atoms with E-state index in [4.69, 9.17) is 4.52 Å². The molecule has 0 radical (unpaired) electrons. The number of aliphatic carboxylic acids is 1. The summed E-state index contributed by atoms with van der Waals surface area (Å²) in [6.45, 7) is 3.67. The fourth-order valence-corrected chi connectivity index (χ4v) is 4.31. The quantitative estimate of drug-likeness (QED) is 0.890. The maximum Gasteiger partial charge on any atom is 0.322 e. The van der Waals surface area contributed by atoms with E-state index < -0.39 is 22.0 Å². The van der Waals surface area contributed by atoms with Crippen molar-refractivity contribution >= 4 is 16.0 Å². The maximum atomic E-state index is 12.4. The van der Waals surface area contributed by atoms with Gasteiger partial charge in [-0.3, -0.25) is 4.79 Å². The van der Waals surface area contributed by atoms with Gasteiger partial charge in [-0.1, -0.05) is 12.1 Å². The molecule has 1 N–H and O–H groups in total. The number of sulfonamides is 1. The van der Waals surface area contributed by atoms with E-state index in [1.165, 1.54) is 0 Å². The van der Waals surface area contributed by atoms with Gasteiger partial charge in [0.1, 0.15) is 23.2 Å². The fourth-order valence-electron chi connectivity index (χ4n) is 2.58. The third kappa shape index (κ3) is 3.01. The monoisotopic (exact) mass is 302 g/mol. The minimum atomic E-state index is -3.72. The zero-order chi connectivity index (χ0) is 14.9. The summed E-state index contributed by atoms with van der Waals surface area (Å²) in [4.78, 5) is 11.3. The van der Waals surface area contributed by atoms with E-state index in [0.29, 0.717) is 24.3 Å². The molecule has 1 saturated heterocycles. The predicted octanol–water partition coefficient (Wildman–Crippen LogP) is 0.998. The number of hydrogen-bond donors (Lipinski definition) is 1. The van der Waals surface area contributed by atoms with Gasteiger partial charge < -0.3 is 9.63 Å². The Morgan fingerprint density at radius 2 is 2.30 bits per heavy atom. The van der Waals surface area contributed by atoms with Crippen molar-refractivity contribution in [3.05, 3.63) is 17.5 Å². The van der Waals surface area contributed by atoms with Crippen LogP contribution in [0.3, 0.4) is 0 Å². The van der Waals surface area contributed by atoms with E-state index in [9.17, 15) is 18.3 Å². The molecule has 20 heavy (non-hydrogen) atoms. The van der Waals surface area contributed by atoms with Crippen LogP contribution in [0.15, 0.2) is 10.6 Å². The predicted molar refractivity (Wildman–Crippen MR) is 70.4 cm³/mol. The first-order chi connectivity index (χ1) is 9.31. The average molecular weight is 302 g/mol. The van der Waals surface area contributed by atoms with Crippen LogP contribution in [0.1, 0.15) is 31.2 Å². The Labute approximate surface area is 117 Å². The van der Waals surface area contributed by atoms with Gasteiger partial charge in [0.05, 0.1) is 0 Å². The van der Waals surface area contributed by atoms with Gasteiger partial charge in [0.25, 0.3) is 0 Å². The van der Waals surface area contributed by atoms with Crippen molar-refractivity contribution in [2.75, 3.05) is 6.54 Å². The summed E-state index contributed by atoms with van der Waals surface area (Å²) < 4.78 is 30.7. The number of carbonyl (C=O) groups is 1. The van der Waals surface area contributed by atoms with E-state index in [1.807, 2.05) is 0 Å². The fraction of sp³-hybridized carbons (Fsp3) is 0.667. The number of carboxylic acids is 1. The Morgan fingerprint density at radius 3 is 2.85 bits per heavy atom. The van der Waals surface area contributed by atoms with Crippen molar-refractivity contribution in [2.24, 2.45) is 5.92 Å². The van der Waals surface area contributed by atoms with E-state index in [0.717, 1.165) is 4.31 Å². The molecular weight excluding hydrogens is 284 g/mol. The normalized spacial score (nSPS) is 24.7. The summed E-state index contributed by atoms with van der Waals surface area (Å²) in [5.74, 6) is -1.11. The van der Waals surface area contributed by atoms with Crippen LogP contribution >= 0.6 is 0 Å². The maximum absolute atomic E-state index is 12.4. The second kappa shape index (κ2) is 5.53.